The van der Waals surface area contributed by atoms with Gasteiger partial charge >= 0.3 is 0 Å². The van der Waals surface area contributed by atoms with Crippen LogP contribution in [0.25, 0.3) is 0 Å². The van der Waals surface area contributed by atoms with Crippen LogP contribution in [0.1, 0.15) is 11.4 Å². The Morgan fingerprint density at radius 3 is 2.80 bits per heavy atom. The maximum Gasteiger partial charge on any atom is 0.234 e. The summed E-state index contributed by atoms with van der Waals surface area (Å²) in [6.07, 6.45) is 1.71. The molecule has 2 aromatic carbocycles. The summed E-state index contributed by atoms with van der Waals surface area (Å²) in [6.45, 7) is 6.27. The number of benzene rings is 2. The monoisotopic (exact) mass is 446 g/mol. The van der Waals surface area contributed by atoms with Gasteiger partial charge in [-0.1, -0.05) is 35.5 Å². The third-order valence-electron chi connectivity index (χ3n) is 4.09. The molecule has 0 radical (unpaired) electrons. The van der Waals surface area contributed by atoms with Gasteiger partial charge in [0.05, 0.1) is 5.75 Å². The third kappa shape index (κ3) is 5.84. The van der Waals surface area contributed by atoms with Crippen LogP contribution in [-0.2, 0) is 17.9 Å². The van der Waals surface area contributed by atoms with E-state index in [1.165, 1.54) is 23.9 Å². The molecule has 1 N–H and O–H groups in total. The molecule has 0 bridgehead atoms. The summed E-state index contributed by atoms with van der Waals surface area (Å²) < 4.78 is 20.5. The number of allylic oxidation sites excluding steroid dienone is 1. The Morgan fingerprint density at radius 1 is 1.30 bits per heavy atom. The molecule has 0 fully saturated rings. The van der Waals surface area contributed by atoms with Crippen molar-refractivity contribution in [2.75, 3.05) is 11.1 Å². The van der Waals surface area contributed by atoms with Gasteiger partial charge in [-0.15, -0.1) is 16.8 Å². The highest BCUT2D eigenvalue weighted by Crippen LogP contribution is 2.22. The van der Waals surface area contributed by atoms with E-state index < -0.39 is 0 Å². The molecule has 9 heteroatoms. The number of ether oxygens (including phenoxy) is 1. The molecule has 0 aliphatic carbocycles. The van der Waals surface area contributed by atoms with Gasteiger partial charge in [0.2, 0.25) is 5.91 Å². The molecule has 0 saturated carbocycles. The molecule has 156 valence electrons. The first-order valence-corrected chi connectivity index (χ1v) is 10.4. The van der Waals surface area contributed by atoms with E-state index in [1.807, 2.05) is 17.6 Å². The Morgan fingerprint density at radius 2 is 2.07 bits per heavy atom. The Kier molecular flexibility index (Phi) is 7.48. The number of aryl methyl sites for hydroxylation is 1. The first-order chi connectivity index (χ1) is 14.5. The predicted octanol–water partition coefficient (Wildman–Crippen LogP) is 4.87. The minimum Gasteiger partial charge on any atom is -0.486 e. The molecule has 0 saturated heterocycles. The lowest BCUT2D eigenvalue weighted by molar-refractivity contribution is -0.113. The summed E-state index contributed by atoms with van der Waals surface area (Å²) in [5.74, 6) is 0.743. The van der Waals surface area contributed by atoms with E-state index in [0.717, 1.165) is 5.56 Å². The number of amides is 1. The van der Waals surface area contributed by atoms with Crippen LogP contribution in [0, 0.1) is 12.7 Å². The largest absolute Gasteiger partial charge is 0.486 e. The fourth-order valence-electron chi connectivity index (χ4n) is 2.57. The summed E-state index contributed by atoms with van der Waals surface area (Å²) in [7, 11) is 0. The van der Waals surface area contributed by atoms with Crippen LogP contribution in [0.5, 0.6) is 5.75 Å². The molecule has 3 aromatic rings. The van der Waals surface area contributed by atoms with Gasteiger partial charge in [0, 0.05) is 17.3 Å². The molecule has 3 rings (SSSR count). The molecule has 1 amide bonds. The summed E-state index contributed by atoms with van der Waals surface area (Å²) in [4.78, 5) is 12.4. The van der Waals surface area contributed by atoms with Gasteiger partial charge in [0.1, 0.15) is 18.2 Å². The maximum atomic E-state index is 13.0. The molecule has 6 nitrogen and oxygen atoms in total. The third-order valence-corrected chi connectivity index (χ3v) is 5.29. The second-order valence-electron chi connectivity index (χ2n) is 6.34. The zero-order valence-electron chi connectivity index (χ0n) is 16.3. The van der Waals surface area contributed by atoms with Crippen LogP contribution in [0.15, 0.2) is 60.3 Å². The van der Waals surface area contributed by atoms with E-state index in [1.54, 1.807) is 30.3 Å². The number of anilines is 1. The molecule has 0 unspecified atom stereocenters. The van der Waals surface area contributed by atoms with Crippen molar-refractivity contribution in [3.8, 4) is 5.75 Å². The Hall–Kier alpha value is -2.84. The summed E-state index contributed by atoms with van der Waals surface area (Å²) >= 11 is 7.26. The lowest BCUT2D eigenvalue weighted by atomic mass is 10.2. The number of nitrogens with one attached hydrogen (secondary N) is 1. The molecule has 0 spiro atoms. The van der Waals surface area contributed by atoms with Gasteiger partial charge < -0.3 is 10.1 Å². The van der Waals surface area contributed by atoms with Crippen LogP contribution >= 0.6 is 23.4 Å². The minimum atomic E-state index is -0.331. The molecule has 1 aromatic heterocycles. The number of carbonyl (C=O) groups is 1. The van der Waals surface area contributed by atoms with Crippen LogP contribution in [0.2, 0.25) is 5.02 Å². The summed E-state index contributed by atoms with van der Waals surface area (Å²) in [6, 6.07) is 11.1. The maximum absolute atomic E-state index is 13.0. The van der Waals surface area contributed by atoms with E-state index in [9.17, 15) is 9.18 Å². The van der Waals surface area contributed by atoms with Crippen molar-refractivity contribution in [1.29, 1.82) is 0 Å². The minimum absolute atomic E-state index is 0.153. The van der Waals surface area contributed by atoms with E-state index in [4.69, 9.17) is 16.3 Å². The van der Waals surface area contributed by atoms with Gasteiger partial charge in [-0.25, -0.2) is 4.39 Å². The van der Waals surface area contributed by atoms with Gasteiger partial charge in [0.25, 0.3) is 0 Å². The van der Waals surface area contributed by atoms with Crippen molar-refractivity contribution >= 4 is 35.0 Å². The van der Waals surface area contributed by atoms with E-state index in [2.05, 4.69) is 22.1 Å². The second-order valence-corrected chi connectivity index (χ2v) is 7.72. The zero-order chi connectivity index (χ0) is 21.5. The molecule has 0 atom stereocenters. The zero-order valence-corrected chi connectivity index (χ0v) is 17.8. The van der Waals surface area contributed by atoms with E-state index in [-0.39, 0.29) is 24.1 Å². The average Bonchev–Trinajstić information content (AvgIpc) is 3.11. The van der Waals surface area contributed by atoms with Crippen LogP contribution < -0.4 is 10.1 Å². The predicted molar refractivity (Wildman–Crippen MR) is 116 cm³/mol. The molecule has 30 heavy (non-hydrogen) atoms. The quantitative estimate of drug-likeness (QED) is 0.375. The second kappa shape index (κ2) is 10.3. The topological polar surface area (TPSA) is 69.0 Å². The average molecular weight is 447 g/mol. The van der Waals surface area contributed by atoms with Crippen molar-refractivity contribution in [2.45, 2.75) is 25.2 Å². The Balaban J connectivity index is 1.62. The van der Waals surface area contributed by atoms with Gasteiger partial charge in [-0.2, -0.15) is 0 Å². The van der Waals surface area contributed by atoms with E-state index >= 15 is 0 Å². The Labute approximate surface area is 183 Å². The van der Waals surface area contributed by atoms with Crippen LogP contribution in [0.4, 0.5) is 10.1 Å². The molecular formula is C21H20ClFN4O2S. The SMILES string of the molecule is C=CCn1c(COc2ccc(F)cc2)nnc1SCC(=O)Nc1cc(Cl)ccc1C. The van der Waals surface area contributed by atoms with E-state index in [0.29, 0.717) is 34.0 Å². The van der Waals surface area contributed by atoms with Gasteiger partial charge in [0.15, 0.2) is 11.0 Å². The van der Waals surface area contributed by atoms with Gasteiger partial charge in [-0.05, 0) is 48.9 Å². The molecular weight excluding hydrogens is 427 g/mol. The number of nitrogens with zero attached hydrogens (tertiary/aromatic N) is 3. The lowest BCUT2D eigenvalue weighted by Gasteiger charge is -2.10. The molecule has 0 aliphatic heterocycles. The van der Waals surface area contributed by atoms with Crippen molar-refractivity contribution in [2.24, 2.45) is 0 Å². The van der Waals surface area contributed by atoms with Crippen molar-refractivity contribution in [3.05, 3.63) is 77.3 Å². The Bertz CT molecular complexity index is 1040. The standard InChI is InChI=1S/C21H20ClFN4O2S/c1-3-10-27-19(12-29-17-8-6-16(23)7-9-17)25-26-21(27)30-13-20(28)24-18-11-15(22)5-4-14(18)2/h3-9,11H,1,10,12-13H2,2H3,(H,24,28). The number of aromatic nitrogens is 3. The number of halogens is 2. The van der Waals surface area contributed by atoms with Gasteiger partial charge in [-0.3, -0.25) is 9.36 Å². The molecule has 1 heterocycles. The van der Waals surface area contributed by atoms with Crippen molar-refractivity contribution in [3.63, 3.8) is 0 Å². The number of carbonyl (C=O) groups excluding carboxylic acids is 1. The summed E-state index contributed by atoms with van der Waals surface area (Å²) in [5, 5.41) is 12.3. The van der Waals surface area contributed by atoms with Crippen molar-refractivity contribution < 1.29 is 13.9 Å². The summed E-state index contributed by atoms with van der Waals surface area (Å²) in [5.41, 5.74) is 1.60. The lowest BCUT2D eigenvalue weighted by Crippen LogP contribution is -2.15. The number of hydrogen-bond acceptors (Lipinski definition) is 5. The number of thioether (sulfide) groups is 1. The normalized spacial score (nSPS) is 10.6. The highest BCUT2D eigenvalue weighted by atomic mass is 35.5. The first kappa shape index (κ1) is 21.9. The smallest absolute Gasteiger partial charge is 0.234 e. The number of hydrogen-bond donors (Lipinski definition) is 1. The van der Waals surface area contributed by atoms with Crippen LogP contribution in [-0.4, -0.2) is 26.4 Å². The fourth-order valence-corrected chi connectivity index (χ4v) is 3.51. The number of rotatable bonds is 9. The molecule has 0 aliphatic rings. The first-order valence-electron chi connectivity index (χ1n) is 9.06. The highest BCUT2D eigenvalue weighted by molar-refractivity contribution is 7.99. The van der Waals surface area contributed by atoms with Crippen LogP contribution in [0.3, 0.4) is 0 Å². The highest BCUT2D eigenvalue weighted by Gasteiger charge is 2.15. The van der Waals surface area contributed by atoms with Crippen molar-refractivity contribution in [1.82, 2.24) is 14.8 Å². The fraction of sp³-hybridized carbons (Fsp3) is 0.190.